The number of aldehydes is 1. The average Bonchev–Trinajstić information content (AvgIpc) is 2.72. The minimum absolute atomic E-state index is 0.00924. The highest BCUT2D eigenvalue weighted by atomic mass is 32.2. The lowest BCUT2D eigenvalue weighted by atomic mass is 9.72. The molecule has 1 saturated carbocycles. The van der Waals surface area contributed by atoms with Gasteiger partial charge in [-0.2, -0.15) is 0 Å². The summed E-state index contributed by atoms with van der Waals surface area (Å²) >= 11 is 2.87. The number of thiazole rings is 1. The zero-order chi connectivity index (χ0) is 13.1. The van der Waals surface area contributed by atoms with Crippen LogP contribution in [0.25, 0.3) is 0 Å². The second-order valence-corrected chi connectivity index (χ2v) is 6.15. The molecule has 1 fully saturated rings. The van der Waals surface area contributed by atoms with Gasteiger partial charge in [-0.25, -0.2) is 9.78 Å². The van der Waals surface area contributed by atoms with Crippen molar-refractivity contribution in [2.24, 2.45) is 5.92 Å². The van der Waals surface area contributed by atoms with E-state index in [1.165, 1.54) is 23.1 Å². The van der Waals surface area contributed by atoms with Crippen LogP contribution in [0.5, 0.6) is 0 Å². The molecule has 18 heavy (non-hydrogen) atoms. The van der Waals surface area contributed by atoms with Gasteiger partial charge in [0.2, 0.25) is 0 Å². The van der Waals surface area contributed by atoms with Gasteiger partial charge in [-0.1, -0.05) is 11.8 Å². The molecule has 1 aromatic heterocycles. The van der Waals surface area contributed by atoms with Crippen LogP contribution in [0.15, 0.2) is 4.34 Å². The molecule has 2 rings (SSSR count). The number of carbonyl (C=O) groups is 2. The molecule has 0 N–H and O–H groups in total. The van der Waals surface area contributed by atoms with Crippen molar-refractivity contribution in [2.75, 3.05) is 12.9 Å². The Balaban J connectivity index is 2.30. The summed E-state index contributed by atoms with van der Waals surface area (Å²) in [5.74, 6) is -0.212. The van der Waals surface area contributed by atoms with E-state index in [4.69, 9.17) is 4.74 Å². The van der Waals surface area contributed by atoms with E-state index in [0.717, 1.165) is 29.2 Å². The van der Waals surface area contributed by atoms with Gasteiger partial charge < -0.3 is 9.53 Å². The largest absolute Gasteiger partial charge is 0.462 e. The molecule has 2 atom stereocenters. The molecule has 0 amide bonds. The van der Waals surface area contributed by atoms with Crippen molar-refractivity contribution in [3.05, 3.63) is 10.6 Å². The number of aromatic nitrogens is 1. The number of esters is 1. The van der Waals surface area contributed by atoms with Gasteiger partial charge in [-0.05, 0) is 26.0 Å². The van der Waals surface area contributed by atoms with Crippen LogP contribution in [0.2, 0.25) is 0 Å². The second-order valence-electron chi connectivity index (χ2n) is 4.10. The van der Waals surface area contributed by atoms with E-state index in [9.17, 15) is 9.59 Å². The maximum absolute atomic E-state index is 11.9. The van der Waals surface area contributed by atoms with E-state index >= 15 is 0 Å². The van der Waals surface area contributed by atoms with Gasteiger partial charge in [0.05, 0.1) is 12.3 Å². The third-order valence-electron chi connectivity index (χ3n) is 3.12. The van der Waals surface area contributed by atoms with Crippen LogP contribution in [0.3, 0.4) is 0 Å². The highest BCUT2D eigenvalue weighted by Crippen LogP contribution is 2.44. The summed E-state index contributed by atoms with van der Waals surface area (Å²) in [6.45, 7) is 2.14. The Hall–Kier alpha value is -0.880. The number of thioether (sulfide) groups is 1. The molecule has 98 valence electrons. The Labute approximate surface area is 114 Å². The Bertz CT molecular complexity index is 458. The smallest absolute Gasteiger partial charge is 0.350 e. The first-order valence-corrected chi connectivity index (χ1v) is 7.92. The third kappa shape index (κ3) is 2.44. The van der Waals surface area contributed by atoms with Crippen LogP contribution in [-0.4, -0.2) is 30.1 Å². The van der Waals surface area contributed by atoms with Gasteiger partial charge in [-0.3, -0.25) is 0 Å². The number of nitrogens with zero attached hydrogens (tertiary/aromatic N) is 1. The molecule has 1 aliphatic rings. The van der Waals surface area contributed by atoms with Gasteiger partial charge in [0.1, 0.15) is 11.2 Å². The molecule has 0 bridgehead atoms. The molecule has 1 aliphatic carbocycles. The molecule has 0 aromatic carbocycles. The van der Waals surface area contributed by atoms with Crippen LogP contribution in [0.1, 0.15) is 41.0 Å². The lowest BCUT2D eigenvalue weighted by Crippen LogP contribution is -2.26. The van der Waals surface area contributed by atoms with Crippen molar-refractivity contribution in [2.45, 2.75) is 30.0 Å². The van der Waals surface area contributed by atoms with E-state index in [1.807, 2.05) is 6.26 Å². The summed E-state index contributed by atoms with van der Waals surface area (Å²) in [6, 6.07) is 0. The van der Waals surface area contributed by atoms with Crippen molar-refractivity contribution in [3.8, 4) is 0 Å². The third-order valence-corrected chi connectivity index (χ3v) is 5.16. The minimum Gasteiger partial charge on any atom is -0.462 e. The Morgan fingerprint density at radius 1 is 1.61 bits per heavy atom. The maximum atomic E-state index is 11.9. The molecule has 4 nitrogen and oxygen atoms in total. The number of carbonyl (C=O) groups excluding carboxylic acids is 2. The monoisotopic (exact) mass is 285 g/mol. The number of hydrogen-bond donors (Lipinski definition) is 0. The van der Waals surface area contributed by atoms with Crippen LogP contribution < -0.4 is 0 Å². The van der Waals surface area contributed by atoms with Crippen LogP contribution in [0.4, 0.5) is 0 Å². The summed E-state index contributed by atoms with van der Waals surface area (Å²) in [4.78, 5) is 27.8. The first kappa shape index (κ1) is 13.5. The summed E-state index contributed by atoms with van der Waals surface area (Å²) < 4.78 is 5.90. The van der Waals surface area contributed by atoms with Crippen molar-refractivity contribution in [3.63, 3.8) is 0 Å². The number of ether oxygens (including phenoxy) is 1. The lowest BCUT2D eigenvalue weighted by Gasteiger charge is -2.31. The summed E-state index contributed by atoms with van der Waals surface area (Å²) in [7, 11) is 0. The first-order valence-electron chi connectivity index (χ1n) is 5.88. The van der Waals surface area contributed by atoms with Crippen LogP contribution in [0, 0.1) is 5.92 Å². The summed E-state index contributed by atoms with van der Waals surface area (Å²) in [5, 5.41) is 0. The van der Waals surface area contributed by atoms with Crippen molar-refractivity contribution < 1.29 is 14.3 Å². The van der Waals surface area contributed by atoms with E-state index < -0.39 is 0 Å². The van der Waals surface area contributed by atoms with E-state index in [0.29, 0.717) is 11.5 Å². The molecule has 0 spiro atoms. The van der Waals surface area contributed by atoms with Crippen molar-refractivity contribution in [1.82, 2.24) is 4.98 Å². The van der Waals surface area contributed by atoms with Crippen molar-refractivity contribution >= 4 is 35.4 Å². The predicted octanol–water partition coefficient (Wildman–Crippen LogP) is 2.73. The molecular weight excluding hydrogens is 270 g/mol. The van der Waals surface area contributed by atoms with Gasteiger partial charge in [0.15, 0.2) is 4.34 Å². The Morgan fingerprint density at radius 2 is 2.39 bits per heavy atom. The molecule has 0 radical (unpaired) electrons. The minimum atomic E-state index is -0.318. The maximum Gasteiger partial charge on any atom is 0.350 e. The SMILES string of the molecule is CCOC(=O)c1sc(SC)nc1C1CCC1C=O. The molecule has 1 heterocycles. The van der Waals surface area contributed by atoms with Gasteiger partial charge in [-0.15, -0.1) is 11.3 Å². The van der Waals surface area contributed by atoms with Gasteiger partial charge >= 0.3 is 5.97 Å². The second kappa shape index (κ2) is 5.84. The van der Waals surface area contributed by atoms with Crippen LogP contribution in [-0.2, 0) is 9.53 Å². The zero-order valence-corrected chi connectivity index (χ0v) is 12.0. The Kier molecular flexibility index (Phi) is 4.40. The van der Waals surface area contributed by atoms with Gasteiger partial charge in [0, 0.05) is 11.8 Å². The van der Waals surface area contributed by atoms with Gasteiger partial charge in [0.25, 0.3) is 0 Å². The predicted molar refractivity (Wildman–Crippen MR) is 71.4 cm³/mol. The standard InChI is InChI=1S/C12H15NO3S2/c1-3-16-11(15)10-9(13-12(17-2)18-10)8-5-4-7(8)6-14/h6-8H,3-5H2,1-2H3. The fraction of sp³-hybridized carbons (Fsp3) is 0.583. The topological polar surface area (TPSA) is 56.3 Å². The highest BCUT2D eigenvalue weighted by Gasteiger charge is 2.37. The summed E-state index contributed by atoms with van der Waals surface area (Å²) in [6.07, 6.45) is 4.71. The molecule has 0 aliphatic heterocycles. The number of hydrogen-bond acceptors (Lipinski definition) is 6. The molecule has 6 heteroatoms. The quantitative estimate of drug-likeness (QED) is 0.473. The molecular formula is C12H15NO3S2. The summed E-state index contributed by atoms with van der Waals surface area (Å²) in [5.41, 5.74) is 0.756. The van der Waals surface area contributed by atoms with Crippen LogP contribution >= 0.6 is 23.1 Å². The van der Waals surface area contributed by atoms with E-state index in [2.05, 4.69) is 4.98 Å². The normalized spacial score (nSPS) is 22.3. The van der Waals surface area contributed by atoms with Crippen molar-refractivity contribution in [1.29, 1.82) is 0 Å². The average molecular weight is 285 g/mol. The zero-order valence-electron chi connectivity index (χ0n) is 10.3. The van der Waals surface area contributed by atoms with E-state index in [-0.39, 0.29) is 17.8 Å². The van der Waals surface area contributed by atoms with E-state index in [1.54, 1.807) is 6.92 Å². The molecule has 0 saturated heterocycles. The number of rotatable bonds is 5. The highest BCUT2D eigenvalue weighted by molar-refractivity contribution is 8.00. The molecule has 2 unspecified atom stereocenters. The fourth-order valence-corrected chi connectivity index (χ4v) is 3.56. The first-order chi connectivity index (χ1) is 8.71. The lowest BCUT2D eigenvalue weighted by molar-refractivity contribution is -0.114. The molecule has 1 aromatic rings. The fourth-order valence-electron chi connectivity index (χ4n) is 2.02. The Morgan fingerprint density at radius 3 is 2.89 bits per heavy atom.